The minimum Gasteiger partial charge on any atom is -0.328 e. The van der Waals surface area contributed by atoms with Gasteiger partial charge in [-0.1, -0.05) is 18.6 Å². The number of carbonyl (C=O) groups is 1. The molecule has 1 aliphatic carbocycles. The van der Waals surface area contributed by atoms with Crippen molar-refractivity contribution in [3.05, 3.63) is 24.3 Å². The maximum Gasteiger partial charge on any atom is 0.227 e. The summed E-state index contributed by atoms with van der Waals surface area (Å²) < 4.78 is 1.60. The van der Waals surface area contributed by atoms with Gasteiger partial charge in [-0.15, -0.1) is 17.5 Å². The van der Waals surface area contributed by atoms with E-state index in [1.165, 1.54) is 0 Å². The van der Waals surface area contributed by atoms with Crippen molar-refractivity contribution in [1.82, 2.24) is 20.2 Å². The summed E-state index contributed by atoms with van der Waals surface area (Å²) in [4.78, 5) is 12.4. The number of aryl methyl sites for hydroxylation is 1. The molecule has 1 saturated carbocycles. The second-order valence-corrected chi connectivity index (χ2v) is 5.82. The number of benzene rings is 1. The van der Waals surface area contributed by atoms with Gasteiger partial charge in [0, 0.05) is 30.3 Å². The molecule has 1 fully saturated rings. The van der Waals surface area contributed by atoms with Gasteiger partial charge in [0.1, 0.15) is 0 Å². The average molecular weight is 337 g/mol. The topological polar surface area (TPSA) is 98.7 Å². The van der Waals surface area contributed by atoms with E-state index >= 15 is 0 Å². The molecule has 2 unspecified atom stereocenters. The number of aromatic nitrogens is 4. The van der Waals surface area contributed by atoms with E-state index in [9.17, 15) is 4.79 Å². The number of carbonyl (C=O) groups excluding carboxylic acids is 1. The largest absolute Gasteiger partial charge is 0.328 e. The molecule has 1 heterocycles. The highest BCUT2D eigenvalue weighted by Crippen LogP contribution is 2.25. The van der Waals surface area contributed by atoms with Crippen molar-refractivity contribution in [2.75, 3.05) is 5.32 Å². The molecule has 124 valence electrons. The maximum absolute atomic E-state index is 12.4. The van der Waals surface area contributed by atoms with Crippen molar-refractivity contribution in [3.8, 4) is 11.4 Å². The smallest absolute Gasteiger partial charge is 0.227 e. The summed E-state index contributed by atoms with van der Waals surface area (Å²) in [6.45, 7) is 0. The van der Waals surface area contributed by atoms with Crippen LogP contribution in [0.1, 0.15) is 25.7 Å². The third kappa shape index (κ3) is 4.05. The number of hydrogen-bond donors (Lipinski definition) is 2. The minimum absolute atomic E-state index is 0. The number of tetrazole rings is 1. The Labute approximate surface area is 141 Å². The number of rotatable bonds is 3. The zero-order chi connectivity index (χ0) is 15.5. The summed E-state index contributed by atoms with van der Waals surface area (Å²) in [5.74, 6) is 0.711. The first-order chi connectivity index (χ1) is 10.6. The second kappa shape index (κ2) is 7.52. The predicted molar refractivity (Wildman–Crippen MR) is 90.0 cm³/mol. The number of nitrogens with zero attached hydrogens (tertiary/aromatic N) is 4. The fourth-order valence-corrected chi connectivity index (χ4v) is 2.92. The second-order valence-electron chi connectivity index (χ2n) is 5.82. The van der Waals surface area contributed by atoms with Crippen LogP contribution in [-0.4, -0.2) is 32.2 Å². The van der Waals surface area contributed by atoms with Crippen LogP contribution in [0.25, 0.3) is 11.4 Å². The number of amides is 1. The van der Waals surface area contributed by atoms with Crippen molar-refractivity contribution in [3.63, 3.8) is 0 Å². The van der Waals surface area contributed by atoms with E-state index in [0.717, 1.165) is 36.9 Å². The van der Waals surface area contributed by atoms with Crippen LogP contribution < -0.4 is 11.1 Å². The van der Waals surface area contributed by atoms with Crippen LogP contribution in [0, 0.1) is 5.92 Å². The van der Waals surface area contributed by atoms with Crippen LogP contribution >= 0.6 is 12.4 Å². The van der Waals surface area contributed by atoms with E-state index in [1.807, 2.05) is 24.3 Å². The zero-order valence-corrected chi connectivity index (χ0v) is 13.8. The van der Waals surface area contributed by atoms with Gasteiger partial charge in [-0.05, 0) is 41.8 Å². The molecule has 2 aromatic rings. The Morgan fingerprint density at radius 3 is 2.91 bits per heavy atom. The van der Waals surface area contributed by atoms with Crippen LogP contribution in [0.15, 0.2) is 24.3 Å². The molecule has 0 aliphatic heterocycles. The molecule has 1 aliphatic rings. The maximum atomic E-state index is 12.4. The molecule has 3 N–H and O–H groups in total. The van der Waals surface area contributed by atoms with Gasteiger partial charge in [-0.3, -0.25) is 4.79 Å². The van der Waals surface area contributed by atoms with Gasteiger partial charge < -0.3 is 11.1 Å². The lowest BCUT2D eigenvalue weighted by atomic mass is 9.85. The van der Waals surface area contributed by atoms with Crippen molar-refractivity contribution in [2.24, 2.45) is 18.7 Å². The van der Waals surface area contributed by atoms with Crippen molar-refractivity contribution >= 4 is 24.0 Å². The number of nitrogens with one attached hydrogen (secondary N) is 1. The summed E-state index contributed by atoms with van der Waals surface area (Å²) in [5, 5.41) is 14.4. The van der Waals surface area contributed by atoms with Gasteiger partial charge >= 0.3 is 0 Å². The van der Waals surface area contributed by atoms with Crippen LogP contribution in [0.3, 0.4) is 0 Å². The third-order valence-electron chi connectivity index (χ3n) is 4.09. The average Bonchev–Trinajstić information content (AvgIpc) is 2.94. The molecular formula is C15H21ClN6O. The van der Waals surface area contributed by atoms with E-state index in [0.29, 0.717) is 5.82 Å². The molecule has 1 amide bonds. The van der Waals surface area contributed by atoms with E-state index < -0.39 is 0 Å². The van der Waals surface area contributed by atoms with Crippen LogP contribution in [0.5, 0.6) is 0 Å². The molecule has 1 aromatic heterocycles. The molecule has 0 bridgehead atoms. The van der Waals surface area contributed by atoms with Crippen molar-refractivity contribution < 1.29 is 4.79 Å². The number of halogens is 1. The summed E-state index contributed by atoms with van der Waals surface area (Å²) in [6.07, 6.45) is 3.70. The molecular weight excluding hydrogens is 316 g/mol. The van der Waals surface area contributed by atoms with Crippen molar-refractivity contribution in [2.45, 2.75) is 31.7 Å². The Balaban J connectivity index is 0.00000192. The van der Waals surface area contributed by atoms with E-state index in [4.69, 9.17) is 5.73 Å². The highest BCUT2D eigenvalue weighted by atomic mass is 35.5. The number of anilines is 1. The molecule has 23 heavy (non-hydrogen) atoms. The van der Waals surface area contributed by atoms with Gasteiger partial charge in [0.25, 0.3) is 0 Å². The molecule has 8 heteroatoms. The van der Waals surface area contributed by atoms with Gasteiger partial charge in [-0.25, -0.2) is 4.68 Å². The summed E-state index contributed by atoms with van der Waals surface area (Å²) >= 11 is 0. The molecule has 7 nitrogen and oxygen atoms in total. The Morgan fingerprint density at radius 2 is 2.22 bits per heavy atom. The summed E-state index contributed by atoms with van der Waals surface area (Å²) in [5.41, 5.74) is 7.58. The third-order valence-corrected chi connectivity index (χ3v) is 4.09. The SMILES string of the molecule is Cl.Cn1nnnc1-c1cccc(NC(=O)C2CCCC(N)C2)c1. The Bertz CT molecular complexity index is 673. The van der Waals surface area contributed by atoms with Gasteiger partial charge in [0.05, 0.1) is 0 Å². The molecule has 2 atom stereocenters. The normalized spacial score (nSPS) is 20.6. The highest BCUT2D eigenvalue weighted by Gasteiger charge is 2.25. The standard InChI is InChI=1S/C15H20N6O.ClH/c1-21-14(18-19-20-21)10-4-3-7-13(9-10)17-15(22)11-5-2-6-12(16)8-11;/h3-4,7,9,11-12H,2,5-6,8,16H2,1H3,(H,17,22);1H. The monoisotopic (exact) mass is 336 g/mol. The lowest BCUT2D eigenvalue weighted by Crippen LogP contribution is -2.34. The summed E-state index contributed by atoms with van der Waals surface area (Å²) in [7, 11) is 1.78. The Kier molecular flexibility index (Phi) is 5.68. The van der Waals surface area contributed by atoms with Gasteiger partial charge in [-0.2, -0.15) is 0 Å². The first-order valence-electron chi connectivity index (χ1n) is 7.52. The molecule has 0 radical (unpaired) electrons. The Morgan fingerprint density at radius 1 is 1.39 bits per heavy atom. The lowest BCUT2D eigenvalue weighted by molar-refractivity contribution is -0.120. The molecule has 0 saturated heterocycles. The van der Waals surface area contributed by atoms with Gasteiger partial charge in [0.15, 0.2) is 5.82 Å². The van der Waals surface area contributed by atoms with E-state index in [-0.39, 0.29) is 30.3 Å². The number of hydrogen-bond acceptors (Lipinski definition) is 5. The van der Waals surface area contributed by atoms with Crippen LogP contribution in [-0.2, 0) is 11.8 Å². The molecule has 3 rings (SSSR count). The molecule has 1 aromatic carbocycles. The predicted octanol–water partition coefficient (Wildman–Crippen LogP) is 1.75. The highest BCUT2D eigenvalue weighted by molar-refractivity contribution is 5.93. The van der Waals surface area contributed by atoms with Crippen LogP contribution in [0.4, 0.5) is 5.69 Å². The van der Waals surface area contributed by atoms with Crippen LogP contribution in [0.2, 0.25) is 0 Å². The first-order valence-corrected chi connectivity index (χ1v) is 7.52. The fourth-order valence-electron chi connectivity index (χ4n) is 2.92. The minimum atomic E-state index is 0. The first kappa shape index (κ1) is 17.4. The number of nitrogens with two attached hydrogens (primary N) is 1. The lowest BCUT2D eigenvalue weighted by Gasteiger charge is -2.25. The summed E-state index contributed by atoms with van der Waals surface area (Å²) in [6, 6.07) is 7.69. The van der Waals surface area contributed by atoms with E-state index in [2.05, 4.69) is 20.8 Å². The van der Waals surface area contributed by atoms with E-state index in [1.54, 1.807) is 11.7 Å². The zero-order valence-electron chi connectivity index (χ0n) is 13.0. The quantitative estimate of drug-likeness (QED) is 0.889. The Hall–Kier alpha value is -1.99. The van der Waals surface area contributed by atoms with Crippen molar-refractivity contribution in [1.29, 1.82) is 0 Å². The van der Waals surface area contributed by atoms with Gasteiger partial charge in [0.2, 0.25) is 5.91 Å². The fraction of sp³-hybridized carbons (Fsp3) is 0.467. The molecule has 0 spiro atoms.